The first-order chi connectivity index (χ1) is 10.6. The van der Waals surface area contributed by atoms with E-state index in [9.17, 15) is 4.79 Å². The van der Waals surface area contributed by atoms with E-state index in [1.807, 2.05) is 49.6 Å². The first kappa shape index (κ1) is 16.4. The number of amides is 1. The Morgan fingerprint density at radius 2 is 1.95 bits per heavy atom. The van der Waals surface area contributed by atoms with Crippen molar-refractivity contribution in [2.45, 2.75) is 31.2 Å². The number of carbonyl (C=O) groups is 1. The van der Waals surface area contributed by atoms with Gasteiger partial charge in [-0.1, -0.05) is 31.2 Å². The molecule has 0 saturated carbocycles. The third kappa shape index (κ3) is 4.28. The summed E-state index contributed by atoms with van der Waals surface area (Å²) in [6.07, 6.45) is 2.99. The highest BCUT2D eigenvalue weighted by atomic mass is 32.2. The van der Waals surface area contributed by atoms with Crippen LogP contribution >= 0.6 is 11.8 Å². The molecule has 0 aliphatic rings. The Hall–Kier alpha value is -1.94. The molecule has 1 atom stereocenters. The lowest BCUT2D eigenvalue weighted by atomic mass is 10.1. The van der Waals surface area contributed by atoms with Crippen molar-refractivity contribution >= 4 is 29.0 Å². The zero-order valence-electron chi connectivity index (χ0n) is 13.2. The Labute approximate surface area is 136 Å². The molecule has 0 bridgehead atoms. The fraction of sp³-hybridized carbons (Fsp3) is 0.278. The zero-order valence-corrected chi connectivity index (χ0v) is 14.0. The normalized spacial score (nSPS) is 11.8. The fourth-order valence-corrected chi connectivity index (χ4v) is 2.74. The number of aryl methyl sites for hydroxylation is 1. The maximum atomic E-state index is 12.4. The molecular weight excluding hydrogens is 292 g/mol. The van der Waals surface area contributed by atoms with Crippen molar-refractivity contribution in [2.75, 3.05) is 16.9 Å². The van der Waals surface area contributed by atoms with Crippen LogP contribution in [0.5, 0.6) is 0 Å². The van der Waals surface area contributed by atoms with Gasteiger partial charge in [0.2, 0.25) is 5.91 Å². The number of nitrogens with one attached hydrogen (secondary N) is 2. The number of thioether (sulfide) groups is 1. The largest absolute Gasteiger partial charge is 0.374 e. The van der Waals surface area contributed by atoms with E-state index in [1.54, 1.807) is 11.8 Å². The van der Waals surface area contributed by atoms with Crippen LogP contribution in [0.1, 0.15) is 19.4 Å². The molecule has 1 amide bonds. The van der Waals surface area contributed by atoms with Crippen LogP contribution in [0, 0.1) is 0 Å². The summed E-state index contributed by atoms with van der Waals surface area (Å²) in [5.41, 5.74) is 3.08. The predicted octanol–water partition coefficient (Wildman–Crippen LogP) is 4.41. The van der Waals surface area contributed by atoms with Crippen molar-refractivity contribution in [2.24, 2.45) is 0 Å². The second-order valence-corrected chi connectivity index (χ2v) is 5.96. The van der Waals surface area contributed by atoms with Crippen molar-refractivity contribution in [1.29, 1.82) is 0 Å². The van der Waals surface area contributed by atoms with E-state index in [1.165, 1.54) is 5.56 Å². The first-order valence-electron chi connectivity index (χ1n) is 7.43. The van der Waals surface area contributed by atoms with Crippen molar-refractivity contribution in [3.05, 3.63) is 54.1 Å². The summed E-state index contributed by atoms with van der Waals surface area (Å²) in [5.74, 6) is -0.0385. The smallest absolute Gasteiger partial charge is 0.246 e. The number of anilines is 2. The summed E-state index contributed by atoms with van der Waals surface area (Å²) in [7, 11) is 0. The molecule has 0 fully saturated rings. The second-order valence-electron chi connectivity index (χ2n) is 5.11. The van der Waals surface area contributed by atoms with Crippen LogP contribution in [0.25, 0.3) is 0 Å². The second kappa shape index (κ2) is 7.90. The molecule has 0 aliphatic carbocycles. The maximum Gasteiger partial charge on any atom is 0.246 e. The van der Waals surface area contributed by atoms with Crippen LogP contribution in [0.2, 0.25) is 0 Å². The lowest BCUT2D eigenvalue weighted by Gasteiger charge is -2.17. The Kier molecular flexibility index (Phi) is 5.90. The van der Waals surface area contributed by atoms with Crippen LogP contribution in [0.4, 0.5) is 11.4 Å². The molecule has 3 nitrogen and oxygen atoms in total. The van der Waals surface area contributed by atoms with Gasteiger partial charge in [-0.2, -0.15) is 0 Å². The standard InChI is InChI=1S/C18H22N2OS/c1-4-14-8-7-9-15(12-14)19-13(2)18(21)20-16-10-5-6-11-17(16)22-3/h5-13,19H,4H2,1-3H3,(H,20,21)/t13-/m1/s1. The van der Waals surface area contributed by atoms with Crippen molar-refractivity contribution in [3.8, 4) is 0 Å². The summed E-state index contributed by atoms with van der Waals surface area (Å²) >= 11 is 1.62. The minimum atomic E-state index is -0.304. The van der Waals surface area contributed by atoms with Gasteiger partial charge in [0.25, 0.3) is 0 Å². The van der Waals surface area contributed by atoms with Crippen LogP contribution in [0.15, 0.2) is 53.4 Å². The highest BCUT2D eigenvalue weighted by Gasteiger charge is 2.14. The Balaban J connectivity index is 2.02. The maximum absolute atomic E-state index is 12.4. The van der Waals surface area contributed by atoms with Gasteiger partial charge in [0.1, 0.15) is 6.04 Å². The SMILES string of the molecule is CCc1cccc(N[C@H](C)C(=O)Nc2ccccc2SC)c1. The van der Waals surface area contributed by atoms with E-state index in [2.05, 4.69) is 29.7 Å². The summed E-state index contributed by atoms with van der Waals surface area (Å²) < 4.78 is 0. The van der Waals surface area contributed by atoms with Gasteiger partial charge in [-0.05, 0) is 49.4 Å². The number of carbonyl (C=O) groups excluding carboxylic acids is 1. The Morgan fingerprint density at radius 1 is 1.18 bits per heavy atom. The monoisotopic (exact) mass is 314 g/mol. The molecule has 0 unspecified atom stereocenters. The lowest BCUT2D eigenvalue weighted by molar-refractivity contribution is -0.116. The molecule has 0 heterocycles. The van der Waals surface area contributed by atoms with Crippen molar-refractivity contribution < 1.29 is 4.79 Å². The van der Waals surface area contributed by atoms with Gasteiger partial charge >= 0.3 is 0 Å². The van der Waals surface area contributed by atoms with E-state index in [0.717, 1.165) is 22.7 Å². The molecule has 2 N–H and O–H groups in total. The van der Waals surface area contributed by atoms with Crippen LogP contribution in [-0.2, 0) is 11.2 Å². The van der Waals surface area contributed by atoms with E-state index >= 15 is 0 Å². The van der Waals surface area contributed by atoms with E-state index in [0.29, 0.717) is 0 Å². The van der Waals surface area contributed by atoms with Gasteiger partial charge in [-0.15, -0.1) is 11.8 Å². The van der Waals surface area contributed by atoms with Crippen LogP contribution in [-0.4, -0.2) is 18.2 Å². The highest BCUT2D eigenvalue weighted by molar-refractivity contribution is 7.98. The summed E-state index contributed by atoms with van der Waals surface area (Å²) in [6, 6.07) is 15.7. The third-order valence-corrected chi connectivity index (χ3v) is 4.27. The summed E-state index contributed by atoms with van der Waals surface area (Å²) in [4.78, 5) is 13.4. The minimum Gasteiger partial charge on any atom is -0.374 e. The molecule has 4 heteroatoms. The molecule has 0 saturated heterocycles. The molecular formula is C18H22N2OS. The first-order valence-corrected chi connectivity index (χ1v) is 8.66. The van der Waals surface area contributed by atoms with Gasteiger partial charge in [0.05, 0.1) is 5.69 Å². The fourth-order valence-electron chi connectivity index (χ4n) is 2.19. The molecule has 0 aromatic heterocycles. The molecule has 2 rings (SSSR count). The van der Waals surface area contributed by atoms with Gasteiger partial charge < -0.3 is 10.6 Å². The quantitative estimate of drug-likeness (QED) is 0.776. The Bertz CT molecular complexity index is 642. The van der Waals surface area contributed by atoms with Crippen molar-refractivity contribution in [3.63, 3.8) is 0 Å². The molecule has 116 valence electrons. The van der Waals surface area contributed by atoms with Crippen LogP contribution in [0.3, 0.4) is 0 Å². The van der Waals surface area contributed by atoms with Gasteiger partial charge in [-0.3, -0.25) is 4.79 Å². The number of benzene rings is 2. The average Bonchev–Trinajstić information content (AvgIpc) is 2.55. The molecule has 2 aromatic carbocycles. The highest BCUT2D eigenvalue weighted by Crippen LogP contribution is 2.24. The van der Waals surface area contributed by atoms with Gasteiger partial charge in [0.15, 0.2) is 0 Å². The average molecular weight is 314 g/mol. The number of hydrogen-bond acceptors (Lipinski definition) is 3. The zero-order chi connectivity index (χ0) is 15.9. The molecule has 0 aliphatic heterocycles. The minimum absolute atomic E-state index is 0.0385. The van der Waals surface area contributed by atoms with E-state index in [4.69, 9.17) is 0 Å². The summed E-state index contributed by atoms with van der Waals surface area (Å²) in [5, 5.41) is 6.24. The predicted molar refractivity (Wildman–Crippen MR) is 95.8 cm³/mol. The number of rotatable bonds is 6. The molecule has 22 heavy (non-hydrogen) atoms. The lowest BCUT2D eigenvalue weighted by Crippen LogP contribution is -2.32. The van der Waals surface area contributed by atoms with E-state index in [-0.39, 0.29) is 11.9 Å². The molecule has 0 radical (unpaired) electrons. The van der Waals surface area contributed by atoms with Gasteiger partial charge in [-0.25, -0.2) is 0 Å². The van der Waals surface area contributed by atoms with E-state index < -0.39 is 0 Å². The number of hydrogen-bond donors (Lipinski definition) is 2. The van der Waals surface area contributed by atoms with Gasteiger partial charge in [0, 0.05) is 10.6 Å². The van der Waals surface area contributed by atoms with Crippen molar-refractivity contribution in [1.82, 2.24) is 0 Å². The molecule has 2 aromatic rings. The Morgan fingerprint density at radius 3 is 2.68 bits per heavy atom. The summed E-state index contributed by atoms with van der Waals surface area (Å²) in [6.45, 7) is 3.99. The van der Waals surface area contributed by atoms with Crippen LogP contribution < -0.4 is 10.6 Å². The third-order valence-electron chi connectivity index (χ3n) is 3.48. The number of para-hydroxylation sites is 1. The topological polar surface area (TPSA) is 41.1 Å². The molecule has 0 spiro atoms.